The highest BCUT2D eigenvalue weighted by Gasteiger charge is 2.18. The van der Waals surface area contributed by atoms with Crippen molar-refractivity contribution in [2.75, 3.05) is 6.61 Å². The van der Waals surface area contributed by atoms with E-state index in [4.69, 9.17) is 4.74 Å². The third-order valence-corrected chi connectivity index (χ3v) is 2.49. The Morgan fingerprint density at radius 2 is 2.12 bits per heavy atom. The van der Waals surface area contributed by atoms with Gasteiger partial charge in [0, 0.05) is 12.2 Å². The smallest absolute Gasteiger partial charge is 0.191 e. The van der Waals surface area contributed by atoms with Crippen LogP contribution in [0.15, 0.2) is 18.2 Å². The van der Waals surface area contributed by atoms with Gasteiger partial charge >= 0.3 is 0 Å². The minimum atomic E-state index is -0.466. The number of hydrogen-bond donors (Lipinski definition) is 0. The molecule has 1 aromatic rings. The number of ether oxygens (including phenoxy) is 1. The van der Waals surface area contributed by atoms with Gasteiger partial charge in [0.1, 0.15) is 11.9 Å². The summed E-state index contributed by atoms with van der Waals surface area (Å²) >= 11 is 0. The Balaban J connectivity index is 2.90. The van der Waals surface area contributed by atoms with Gasteiger partial charge in [-0.15, -0.1) is 0 Å². The van der Waals surface area contributed by atoms with Crippen molar-refractivity contribution in [3.63, 3.8) is 0 Å². The molecule has 1 aromatic carbocycles. The van der Waals surface area contributed by atoms with Crippen LogP contribution in [0.5, 0.6) is 0 Å². The van der Waals surface area contributed by atoms with Gasteiger partial charge in [0.15, 0.2) is 5.78 Å². The van der Waals surface area contributed by atoms with Gasteiger partial charge in [-0.25, -0.2) is 4.39 Å². The van der Waals surface area contributed by atoms with E-state index in [1.807, 2.05) is 13.8 Å². The van der Waals surface area contributed by atoms with Crippen LogP contribution in [0.2, 0.25) is 0 Å². The van der Waals surface area contributed by atoms with E-state index in [-0.39, 0.29) is 11.6 Å². The summed E-state index contributed by atoms with van der Waals surface area (Å²) in [7, 11) is 0. The molecule has 0 aromatic heterocycles. The van der Waals surface area contributed by atoms with Crippen LogP contribution in [0.4, 0.5) is 4.39 Å². The first-order chi connectivity index (χ1) is 7.60. The molecule has 1 atom stereocenters. The molecule has 0 radical (unpaired) electrons. The molecule has 1 unspecified atom stereocenters. The molecule has 0 fully saturated rings. The van der Waals surface area contributed by atoms with Crippen molar-refractivity contribution in [3.8, 4) is 0 Å². The fourth-order valence-electron chi connectivity index (χ4n) is 1.51. The number of ketones is 1. The highest BCUT2D eigenvalue weighted by Crippen LogP contribution is 2.13. The monoisotopic (exact) mass is 224 g/mol. The SMILES string of the molecule is CCOC(CC)C(=O)c1ccc(C)c(F)c1. The maximum Gasteiger partial charge on any atom is 0.191 e. The highest BCUT2D eigenvalue weighted by atomic mass is 19.1. The van der Waals surface area contributed by atoms with E-state index in [9.17, 15) is 9.18 Å². The van der Waals surface area contributed by atoms with E-state index >= 15 is 0 Å². The van der Waals surface area contributed by atoms with Crippen LogP contribution in [0.25, 0.3) is 0 Å². The minimum Gasteiger partial charge on any atom is -0.370 e. The average molecular weight is 224 g/mol. The quantitative estimate of drug-likeness (QED) is 0.718. The number of carbonyl (C=O) groups is 1. The summed E-state index contributed by atoms with van der Waals surface area (Å²) in [6, 6.07) is 4.53. The molecule has 0 amide bonds. The minimum absolute atomic E-state index is 0.150. The van der Waals surface area contributed by atoms with Crippen molar-refractivity contribution in [3.05, 3.63) is 35.1 Å². The lowest BCUT2D eigenvalue weighted by molar-refractivity contribution is 0.0443. The Labute approximate surface area is 95.4 Å². The van der Waals surface area contributed by atoms with Gasteiger partial charge in [-0.2, -0.15) is 0 Å². The molecule has 0 aliphatic carbocycles. The van der Waals surface area contributed by atoms with E-state index in [0.29, 0.717) is 24.2 Å². The van der Waals surface area contributed by atoms with Gasteiger partial charge in [-0.1, -0.05) is 19.1 Å². The van der Waals surface area contributed by atoms with E-state index in [0.717, 1.165) is 0 Å². The molecule has 16 heavy (non-hydrogen) atoms. The van der Waals surface area contributed by atoms with Crippen molar-refractivity contribution in [1.29, 1.82) is 0 Å². The lowest BCUT2D eigenvalue weighted by Gasteiger charge is -2.13. The normalized spacial score (nSPS) is 12.5. The molecule has 0 saturated heterocycles. The molecular formula is C13H17FO2. The first-order valence-electron chi connectivity index (χ1n) is 5.52. The van der Waals surface area contributed by atoms with E-state index in [1.54, 1.807) is 19.1 Å². The van der Waals surface area contributed by atoms with E-state index < -0.39 is 6.10 Å². The number of carbonyl (C=O) groups excluding carboxylic acids is 1. The van der Waals surface area contributed by atoms with Gasteiger partial charge < -0.3 is 4.74 Å². The molecule has 0 bridgehead atoms. The van der Waals surface area contributed by atoms with Crippen molar-refractivity contribution in [2.24, 2.45) is 0 Å². The van der Waals surface area contributed by atoms with Crippen molar-refractivity contribution in [1.82, 2.24) is 0 Å². The Kier molecular flexibility index (Phi) is 4.62. The summed E-state index contributed by atoms with van der Waals surface area (Å²) < 4.78 is 18.6. The number of rotatable bonds is 5. The lowest BCUT2D eigenvalue weighted by atomic mass is 10.0. The fraction of sp³-hybridized carbons (Fsp3) is 0.462. The predicted molar refractivity (Wildman–Crippen MR) is 61.2 cm³/mol. The van der Waals surface area contributed by atoms with Crippen LogP contribution in [0.1, 0.15) is 36.2 Å². The molecule has 0 aliphatic heterocycles. The Bertz CT molecular complexity index is 374. The number of benzene rings is 1. The van der Waals surface area contributed by atoms with Crippen LogP contribution in [0, 0.1) is 12.7 Å². The Hall–Kier alpha value is -1.22. The zero-order chi connectivity index (χ0) is 12.1. The fourth-order valence-corrected chi connectivity index (χ4v) is 1.51. The van der Waals surface area contributed by atoms with Gasteiger partial charge in [0.25, 0.3) is 0 Å². The number of hydrogen-bond acceptors (Lipinski definition) is 2. The Morgan fingerprint density at radius 3 is 2.62 bits per heavy atom. The third-order valence-electron chi connectivity index (χ3n) is 2.49. The summed E-state index contributed by atoms with van der Waals surface area (Å²) in [5.41, 5.74) is 0.921. The van der Waals surface area contributed by atoms with Crippen molar-refractivity contribution < 1.29 is 13.9 Å². The van der Waals surface area contributed by atoms with Crippen LogP contribution in [0.3, 0.4) is 0 Å². The summed E-state index contributed by atoms with van der Waals surface area (Å²) in [4.78, 5) is 11.9. The maximum atomic E-state index is 13.3. The molecule has 88 valence electrons. The molecule has 0 aliphatic rings. The second-order valence-electron chi connectivity index (χ2n) is 3.68. The largest absolute Gasteiger partial charge is 0.370 e. The van der Waals surface area contributed by atoms with Crippen LogP contribution in [-0.4, -0.2) is 18.5 Å². The number of aryl methyl sites for hydroxylation is 1. The van der Waals surface area contributed by atoms with Crippen molar-refractivity contribution in [2.45, 2.75) is 33.3 Å². The lowest BCUT2D eigenvalue weighted by Crippen LogP contribution is -2.23. The third kappa shape index (κ3) is 2.89. The summed E-state index contributed by atoms with van der Waals surface area (Å²) in [5, 5.41) is 0. The highest BCUT2D eigenvalue weighted by molar-refractivity contribution is 5.99. The van der Waals surface area contributed by atoms with E-state index in [1.165, 1.54) is 6.07 Å². The van der Waals surface area contributed by atoms with Crippen LogP contribution < -0.4 is 0 Å². The molecule has 0 heterocycles. The topological polar surface area (TPSA) is 26.3 Å². The van der Waals surface area contributed by atoms with Crippen LogP contribution >= 0.6 is 0 Å². The van der Waals surface area contributed by atoms with E-state index in [2.05, 4.69) is 0 Å². The van der Waals surface area contributed by atoms with Gasteiger partial charge in [0.2, 0.25) is 0 Å². The zero-order valence-corrected chi connectivity index (χ0v) is 9.92. The maximum absolute atomic E-state index is 13.3. The van der Waals surface area contributed by atoms with Gasteiger partial charge in [-0.05, 0) is 31.9 Å². The first-order valence-corrected chi connectivity index (χ1v) is 5.52. The number of halogens is 1. The number of Topliss-reactive ketones (excluding diaryl/α,β-unsaturated/α-hetero) is 1. The molecule has 2 nitrogen and oxygen atoms in total. The predicted octanol–water partition coefficient (Wildman–Crippen LogP) is 3.13. The summed E-state index contributed by atoms with van der Waals surface area (Å²) in [6.45, 7) is 5.87. The molecule has 0 spiro atoms. The van der Waals surface area contributed by atoms with Crippen molar-refractivity contribution >= 4 is 5.78 Å². The second-order valence-corrected chi connectivity index (χ2v) is 3.68. The van der Waals surface area contributed by atoms with Gasteiger partial charge in [-0.3, -0.25) is 4.79 Å². The first kappa shape index (κ1) is 12.8. The summed E-state index contributed by atoms with van der Waals surface area (Å²) in [6.07, 6.45) is 0.134. The second kappa shape index (κ2) is 5.75. The molecular weight excluding hydrogens is 207 g/mol. The summed E-state index contributed by atoms with van der Waals surface area (Å²) in [5.74, 6) is -0.500. The molecule has 3 heteroatoms. The van der Waals surface area contributed by atoms with Gasteiger partial charge in [0.05, 0.1) is 0 Å². The molecule has 0 saturated carbocycles. The molecule has 1 rings (SSSR count). The van der Waals surface area contributed by atoms with Crippen LogP contribution in [-0.2, 0) is 4.74 Å². The standard InChI is InChI=1S/C13H17FO2/c1-4-12(16-5-2)13(15)10-7-6-9(3)11(14)8-10/h6-8,12H,4-5H2,1-3H3. The Morgan fingerprint density at radius 1 is 1.44 bits per heavy atom. The zero-order valence-electron chi connectivity index (χ0n) is 9.92. The average Bonchev–Trinajstić information content (AvgIpc) is 2.28. The molecule has 0 N–H and O–H groups in total.